The van der Waals surface area contributed by atoms with Gasteiger partial charge in [0.15, 0.2) is 0 Å². The number of carbonyl (C=O) groups excluding carboxylic acids is 1. The molecule has 9 heteroatoms. The molecular weight excluding hydrogens is 527 g/mol. The predicted octanol–water partition coefficient (Wildman–Crippen LogP) is 7.07. The van der Waals surface area contributed by atoms with Gasteiger partial charge in [-0.25, -0.2) is 4.57 Å². The number of phosphoric acid groups is 1. The second-order valence-corrected chi connectivity index (χ2v) is 13.3. The molecule has 0 radical (unpaired) electrons. The lowest BCUT2D eigenvalue weighted by Crippen LogP contribution is -2.45. The number of unbranched alkanes of at least 4 members (excludes halogenated alkanes) is 12. The smallest absolute Gasteiger partial charge is 0.387 e. The summed E-state index contributed by atoms with van der Waals surface area (Å²) in [6.07, 6.45) is 24.6. The van der Waals surface area contributed by atoms with Gasteiger partial charge in [-0.3, -0.25) is 13.8 Å². The minimum Gasteiger partial charge on any atom is -0.387 e. The molecule has 0 bridgehead atoms. The summed E-state index contributed by atoms with van der Waals surface area (Å²) in [5.74, 6) is -0.201. The summed E-state index contributed by atoms with van der Waals surface area (Å²) in [6, 6.07) is -0.841. The Labute approximate surface area is 245 Å². The number of aliphatic hydroxyl groups excluding tert-OH is 1. The maximum atomic E-state index is 12.6. The van der Waals surface area contributed by atoms with E-state index in [0.717, 1.165) is 44.9 Å². The molecule has 8 nitrogen and oxygen atoms in total. The van der Waals surface area contributed by atoms with Crippen LogP contribution in [0.1, 0.15) is 117 Å². The highest BCUT2D eigenvalue weighted by atomic mass is 31.2. The maximum absolute atomic E-state index is 12.6. The summed E-state index contributed by atoms with van der Waals surface area (Å²) in [5, 5.41) is 13.3. The molecule has 40 heavy (non-hydrogen) atoms. The molecule has 0 saturated carbocycles. The van der Waals surface area contributed by atoms with E-state index in [1.807, 2.05) is 34.1 Å². The Kier molecular flexibility index (Phi) is 23.9. The van der Waals surface area contributed by atoms with Gasteiger partial charge in [0, 0.05) is 6.42 Å². The van der Waals surface area contributed by atoms with Gasteiger partial charge in [0.1, 0.15) is 13.2 Å². The van der Waals surface area contributed by atoms with Gasteiger partial charge in [-0.15, -0.1) is 0 Å². The molecule has 0 spiro atoms. The number of hydrogen-bond donors (Lipinski definition) is 3. The molecule has 0 saturated heterocycles. The van der Waals surface area contributed by atoms with Crippen LogP contribution in [0.5, 0.6) is 0 Å². The van der Waals surface area contributed by atoms with Crippen molar-refractivity contribution in [3.05, 3.63) is 24.3 Å². The summed E-state index contributed by atoms with van der Waals surface area (Å²) in [7, 11) is 1.55. The van der Waals surface area contributed by atoms with E-state index in [2.05, 4.69) is 24.4 Å². The number of amides is 1. The Morgan fingerprint density at radius 2 is 1.40 bits per heavy atom. The number of carbonyl (C=O) groups is 1. The Morgan fingerprint density at radius 1 is 0.825 bits per heavy atom. The van der Waals surface area contributed by atoms with E-state index in [0.29, 0.717) is 17.4 Å². The summed E-state index contributed by atoms with van der Waals surface area (Å²) in [5.41, 5.74) is 0. The molecular formula is C31H62N2O6P+. The van der Waals surface area contributed by atoms with Crippen molar-refractivity contribution < 1.29 is 32.9 Å². The van der Waals surface area contributed by atoms with E-state index in [1.165, 1.54) is 51.4 Å². The van der Waals surface area contributed by atoms with Crippen LogP contribution in [0, 0.1) is 0 Å². The van der Waals surface area contributed by atoms with Crippen molar-refractivity contribution in [3.63, 3.8) is 0 Å². The monoisotopic (exact) mass is 589 g/mol. The second kappa shape index (κ2) is 24.6. The number of nitrogens with one attached hydrogen (secondary N) is 1. The highest BCUT2D eigenvalue weighted by molar-refractivity contribution is 7.47. The summed E-state index contributed by atoms with van der Waals surface area (Å²) in [6.45, 7) is 4.55. The second-order valence-electron chi connectivity index (χ2n) is 11.8. The normalized spacial score (nSPS) is 15.5. The van der Waals surface area contributed by atoms with E-state index in [-0.39, 0.29) is 19.1 Å². The molecule has 0 aromatic rings. The van der Waals surface area contributed by atoms with Gasteiger partial charge < -0.3 is 19.8 Å². The first-order valence-electron chi connectivity index (χ1n) is 15.7. The molecule has 0 aliphatic heterocycles. The van der Waals surface area contributed by atoms with Crippen molar-refractivity contribution >= 4 is 13.7 Å². The molecule has 236 valence electrons. The quantitative estimate of drug-likeness (QED) is 0.0410. The SMILES string of the molecule is CCC/C=C/C(O)C(COP(=O)(O)OCC[N+](C)(C)C)NC(=O)CCCCCCC/C=C\CCCCCCCC. The van der Waals surface area contributed by atoms with Crippen LogP contribution in [0.3, 0.4) is 0 Å². The third-order valence-electron chi connectivity index (χ3n) is 6.65. The summed E-state index contributed by atoms with van der Waals surface area (Å²) in [4.78, 5) is 22.6. The van der Waals surface area contributed by atoms with Crippen LogP contribution >= 0.6 is 7.82 Å². The Morgan fingerprint density at radius 3 is 1.98 bits per heavy atom. The van der Waals surface area contributed by atoms with Crippen LogP contribution in [0.15, 0.2) is 24.3 Å². The minimum absolute atomic E-state index is 0.0583. The van der Waals surface area contributed by atoms with Crippen molar-refractivity contribution in [2.75, 3.05) is 40.9 Å². The van der Waals surface area contributed by atoms with Gasteiger partial charge in [-0.2, -0.15) is 0 Å². The number of aliphatic hydroxyl groups is 1. The van der Waals surface area contributed by atoms with Crippen molar-refractivity contribution in [1.82, 2.24) is 5.32 Å². The van der Waals surface area contributed by atoms with Crippen LogP contribution in [-0.2, 0) is 18.4 Å². The van der Waals surface area contributed by atoms with Gasteiger partial charge in [0.05, 0.1) is 39.9 Å². The van der Waals surface area contributed by atoms with Gasteiger partial charge in [0.25, 0.3) is 0 Å². The molecule has 3 N–H and O–H groups in total. The lowest BCUT2D eigenvalue weighted by molar-refractivity contribution is -0.870. The Balaban J connectivity index is 4.29. The van der Waals surface area contributed by atoms with Gasteiger partial charge in [-0.1, -0.05) is 95.9 Å². The number of hydrogen-bond acceptors (Lipinski definition) is 5. The largest absolute Gasteiger partial charge is 0.472 e. The molecule has 3 unspecified atom stereocenters. The van der Waals surface area contributed by atoms with Crippen molar-refractivity contribution in [3.8, 4) is 0 Å². The van der Waals surface area contributed by atoms with Gasteiger partial charge >= 0.3 is 7.82 Å². The summed E-state index contributed by atoms with van der Waals surface area (Å²) < 4.78 is 23.1. The fourth-order valence-corrected chi connectivity index (χ4v) is 4.78. The van der Waals surface area contributed by atoms with Crippen LogP contribution in [0.4, 0.5) is 0 Å². The molecule has 0 aliphatic rings. The molecule has 0 aliphatic carbocycles. The molecule has 0 rings (SSSR count). The third-order valence-corrected chi connectivity index (χ3v) is 7.63. The number of nitrogens with zero attached hydrogens (tertiary/aromatic N) is 1. The number of likely N-dealkylation sites (N-methyl/N-ethyl adjacent to an activating group) is 1. The lowest BCUT2D eigenvalue weighted by atomic mass is 10.1. The molecule has 3 atom stereocenters. The lowest BCUT2D eigenvalue weighted by Gasteiger charge is -2.25. The molecule has 0 aromatic carbocycles. The number of phosphoric ester groups is 1. The zero-order valence-corrected chi connectivity index (χ0v) is 27.2. The number of allylic oxidation sites excluding steroid dienone is 3. The van der Waals surface area contributed by atoms with Crippen LogP contribution in [-0.4, -0.2) is 73.4 Å². The topological polar surface area (TPSA) is 105 Å². The van der Waals surface area contributed by atoms with E-state index >= 15 is 0 Å². The molecule has 0 fully saturated rings. The standard InChI is InChI=1S/C31H61N2O6P/c1-6-8-10-11-12-13-14-15-16-17-18-19-20-21-23-25-31(35)32-29(30(34)24-22-9-7-2)28-39-40(36,37)38-27-26-33(3,4)5/h15-16,22,24,29-30,34H,6-14,17-21,23,25-28H2,1-5H3,(H-,32,35,36,37)/p+1/b16-15-,24-22+. The fraction of sp³-hybridized carbons (Fsp3) is 0.839. The molecule has 0 heterocycles. The van der Waals surface area contributed by atoms with Crippen molar-refractivity contribution in [2.45, 2.75) is 129 Å². The van der Waals surface area contributed by atoms with Gasteiger partial charge in [0.2, 0.25) is 5.91 Å². The van der Waals surface area contributed by atoms with E-state index in [9.17, 15) is 19.4 Å². The third kappa shape index (κ3) is 25.9. The number of quaternary nitrogens is 1. The highest BCUT2D eigenvalue weighted by Crippen LogP contribution is 2.43. The highest BCUT2D eigenvalue weighted by Gasteiger charge is 2.27. The summed E-state index contributed by atoms with van der Waals surface area (Å²) >= 11 is 0. The van der Waals surface area contributed by atoms with E-state index in [4.69, 9.17) is 9.05 Å². The zero-order valence-electron chi connectivity index (χ0n) is 26.3. The van der Waals surface area contributed by atoms with Crippen molar-refractivity contribution in [1.29, 1.82) is 0 Å². The van der Waals surface area contributed by atoms with E-state index in [1.54, 1.807) is 6.08 Å². The molecule has 0 aromatic heterocycles. The zero-order chi connectivity index (χ0) is 30.1. The minimum atomic E-state index is -4.30. The van der Waals surface area contributed by atoms with Crippen LogP contribution in [0.25, 0.3) is 0 Å². The average molecular weight is 590 g/mol. The van der Waals surface area contributed by atoms with E-state index < -0.39 is 20.0 Å². The first-order valence-corrected chi connectivity index (χ1v) is 17.2. The first-order chi connectivity index (χ1) is 19.0. The Bertz CT molecular complexity index is 723. The first kappa shape index (κ1) is 39.0. The van der Waals surface area contributed by atoms with Crippen molar-refractivity contribution in [2.24, 2.45) is 0 Å². The maximum Gasteiger partial charge on any atom is 0.472 e. The predicted molar refractivity (Wildman–Crippen MR) is 166 cm³/mol. The van der Waals surface area contributed by atoms with Crippen LogP contribution < -0.4 is 5.32 Å². The molecule has 1 amide bonds. The average Bonchev–Trinajstić information content (AvgIpc) is 2.88. The van der Waals surface area contributed by atoms with Crippen LogP contribution in [0.2, 0.25) is 0 Å². The number of rotatable bonds is 27. The Hall–Kier alpha value is -1.02. The fourth-order valence-electron chi connectivity index (χ4n) is 4.04. The van der Waals surface area contributed by atoms with Gasteiger partial charge in [-0.05, 0) is 38.5 Å².